The highest BCUT2D eigenvalue weighted by Gasteiger charge is 2.19. The van der Waals surface area contributed by atoms with Crippen molar-refractivity contribution in [3.05, 3.63) is 35.4 Å². The van der Waals surface area contributed by atoms with Gasteiger partial charge in [0, 0.05) is 20.1 Å². The van der Waals surface area contributed by atoms with E-state index in [1.165, 1.54) is 11.4 Å². The number of hydrogen-bond donors (Lipinski definition) is 1. The van der Waals surface area contributed by atoms with Crippen LogP contribution in [-0.4, -0.2) is 32.9 Å². The van der Waals surface area contributed by atoms with Crippen LogP contribution in [0.3, 0.4) is 0 Å². The molecule has 0 saturated heterocycles. The standard InChI is InChI=1S/C11H15N3O2S/c1-14(7-6-12)17(15,16)9-11-5-3-2-4-10(11)8-13/h2-5H,6-7,9,12H2,1H3. The lowest BCUT2D eigenvalue weighted by molar-refractivity contribution is 0.476. The van der Waals surface area contributed by atoms with Crippen LogP contribution in [0, 0.1) is 11.3 Å². The molecule has 0 bridgehead atoms. The average Bonchev–Trinajstić information content (AvgIpc) is 2.29. The Hall–Kier alpha value is -1.42. The minimum atomic E-state index is -3.41. The molecule has 92 valence electrons. The highest BCUT2D eigenvalue weighted by Crippen LogP contribution is 2.13. The summed E-state index contributed by atoms with van der Waals surface area (Å²) in [6, 6.07) is 8.66. The minimum absolute atomic E-state index is 0.173. The molecule has 0 spiro atoms. The van der Waals surface area contributed by atoms with Crippen molar-refractivity contribution < 1.29 is 8.42 Å². The molecule has 0 aliphatic heterocycles. The van der Waals surface area contributed by atoms with Gasteiger partial charge in [0.1, 0.15) is 0 Å². The minimum Gasteiger partial charge on any atom is -0.329 e. The normalized spacial score (nSPS) is 11.4. The maximum absolute atomic E-state index is 11.9. The molecule has 0 amide bonds. The highest BCUT2D eigenvalue weighted by molar-refractivity contribution is 7.88. The van der Waals surface area contributed by atoms with E-state index in [1.807, 2.05) is 6.07 Å². The number of nitrogens with two attached hydrogens (primary N) is 1. The molecule has 0 radical (unpaired) electrons. The fourth-order valence-electron chi connectivity index (χ4n) is 1.38. The summed E-state index contributed by atoms with van der Waals surface area (Å²) in [4.78, 5) is 0. The predicted molar refractivity (Wildman–Crippen MR) is 65.5 cm³/mol. The molecular weight excluding hydrogens is 238 g/mol. The summed E-state index contributed by atoms with van der Waals surface area (Å²) in [5.74, 6) is -0.173. The van der Waals surface area contributed by atoms with Crippen molar-refractivity contribution in [3.63, 3.8) is 0 Å². The number of nitrogens with zero attached hydrogens (tertiary/aromatic N) is 2. The smallest absolute Gasteiger partial charge is 0.218 e. The van der Waals surface area contributed by atoms with Crippen LogP contribution in [0.4, 0.5) is 0 Å². The van der Waals surface area contributed by atoms with Gasteiger partial charge >= 0.3 is 0 Å². The Labute approximate surface area is 102 Å². The molecule has 0 atom stereocenters. The first-order chi connectivity index (χ1) is 8.01. The van der Waals surface area contributed by atoms with Gasteiger partial charge in [-0.1, -0.05) is 18.2 Å². The fourth-order valence-corrected chi connectivity index (χ4v) is 2.63. The van der Waals surface area contributed by atoms with E-state index in [2.05, 4.69) is 0 Å². The molecule has 1 aromatic carbocycles. The quantitative estimate of drug-likeness (QED) is 0.816. The van der Waals surface area contributed by atoms with Crippen LogP contribution in [0.2, 0.25) is 0 Å². The van der Waals surface area contributed by atoms with Crippen LogP contribution in [0.15, 0.2) is 24.3 Å². The molecule has 17 heavy (non-hydrogen) atoms. The zero-order valence-corrected chi connectivity index (χ0v) is 10.4. The van der Waals surface area contributed by atoms with E-state index in [0.717, 1.165) is 0 Å². The first-order valence-corrected chi connectivity index (χ1v) is 6.74. The molecule has 0 unspecified atom stereocenters. The van der Waals surface area contributed by atoms with E-state index in [4.69, 9.17) is 11.0 Å². The summed E-state index contributed by atoms with van der Waals surface area (Å²) in [6.45, 7) is 0.548. The highest BCUT2D eigenvalue weighted by atomic mass is 32.2. The first kappa shape index (κ1) is 13.6. The molecular formula is C11H15N3O2S. The Morgan fingerprint density at radius 1 is 1.41 bits per heavy atom. The van der Waals surface area contributed by atoms with E-state index in [1.54, 1.807) is 24.3 Å². The zero-order valence-electron chi connectivity index (χ0n) is 9.63. The number of hydrogen-bond acceptors (Lipinski definition) is 4. The second-order valence-electron chi connectivity index (χ2n) is 3.64. The van der Waals surface area contributed by atoms with Gasteiger partial charge in [-0.05, 0) is 11.6 Å². The molecule has 0 aromatic heterocycles. The van der Waals surface area contributed by atoms with Crippen molar-refractivity contribution in [2.75, 3.05) is 20.1 Å². The van der Waals surface area contributed by atoms with Gasteiger partial charge in [0.25, 0.3) is 0 Å². The maximum Gasteiger partial charge on any atom is 0.218 e. The molecule has 6 heteroatoms. The van der Waals surface area contributed by atoms with E-state index < -0.39 is 10.0 Å². The molecule has 5 nitrogen and oxygen atoms in total. The number of benzene rings is 1. The maximum atomic E-state index is 11.9. The Bertz CT molecular complexity index is 520. The van der Waals surface area contributed by atoms with Crippen LogP contribution in [0.1, 0.15) is 11.1 Å². The molecule has 0 saturated carbocycles. The van der Waals surface area contributed by atoms with Gasteiger partial charge in [0.2, 0.25) is 10.0 Å². The van der Waals surface area contributed by atoms with Crippen molar-refractivity contribution in [2.45, 2.75) is 5.75 Å². The van der Waals surface area contributed by atoms with Gasteiger partial charge in [0.05, 0.1) is 17.4 Å². The lowest BCUT2D eigenvalue weighted by atomic mass is 10.1. The van der Waals surface area contributed by atoms with Gasteiger partial charge in [-0.3, -0.25) is 0 Å². The third-order valence-electron chi connectivity index (χ3n) is 2.39. The van der Waals surface area contributed by atoms with E-state index in [-0.39, 0.29) is 18.8 Å². The van der Waals surface area contributed by atoms with Gasteiger partial charge in [0.15, 0.2) is 0 Å². The number of likely N-dealkylation sites (N-methyl/N-ethyl adjacent to an activating group) is 1. The molecule has 0 aliphatic carbocycles. The van der Waals surface area contributed by atoms with Crippen molar-refractivity contribution in [1.29, 1.82) is 5.26 Å². The van der Waals surface area contributed by atoms with Crippen molar-refractivity contribution >= 4 is 10.0 Å². The second-order valence-corrected chi connectivity index (χ2v) is 5.71. The fraction of sp³-hybridized carbons (Fsp3) is 0.364. The van der Waals surface area contributed by atoms with E-state index in [0.29, 0.717) is 11.1 Å². The van der Waals surface area contributed by atoms with Crippen molar-refractivity contribution in [2.24, 2.45) is 5.73 Å². The molecule has 2 N–H and O–H groups in total. The SMILES string of the molecule is CN(CCN)S(=O)(=O)Cc1ccccc1C#N. The third-order valence-corrected chi connectivity index (χ3v) is 4.20. The van der Waals surface area contributed by atoms with Crippen molar-refractivity contribution in [1.82, 2.24) is 4.31 Å². The summed E-state index contributed by atoms with van der Waals surface area (Å²) in [5, 5.41) is 8.88. The summed E-state index contributed by atoms with van der Waals surface area (Å²) >= 11 is 0. The Balaban J connectivity index is 2.95. The molecule has 1 rings (SSSR count). The number of nitriles is 1. The topological polar surface area (TPSA) is 87.2 Å². The van der Waals surface area contributed by atoms with Gasteiger partial charge < -0.3 is 5.73 Å². The van der Waals surface area contributed by atoms with Crippen molar-refractivity contribution in [3.8, 4) is 6.07 Å². The van der Waals surface area contributed by atoms with Gasteiger partial charge in [-0.25, -0.2) is 12.7 Å². The largest absolute Gasteiger partial charge is 0.329 e. The summed E-state index contributed by atoms with van der Waals surface area (Å²) in [6.07, 6.45) is 0. The lowest BCUT2D eigenvalue weighted by Gasteiger charge is -2.16. The van der Waals surface area contributed by atoms with Gasteiger partial charge in [-0.2, -0.15) is 5.26 Å². The van der Waals surface area contributed by atoms with Crippen LogP contribution >= 0.6 is 0 Å². The third kappa shape index (κ3) is 3.53. The van der Waals surface area contributed by atoms with Crippen LogP contribution < -0.4 is 5.73 Å². The zero-order chi connectivity index (χ0) is 12.9. The number of sulfonamides is 1. The van der Waals surface area contributed by atoms with Crippen LogP contribution in [0.25, 0.3) is 0 Å². The Kier molecular flexibility index (Phi) is 4.63. The monoisotopic (exact) mass is 253 g/mol. The molecule has 0 aliphatic rings. The van der Waals surface area contributed by atoms with Crippen LogP contribution in [0.5, 0.6) is 0 Å². The van der Waals surface area contributed by atoms with E-state index in [9.17, 15) is 8.42 Å². The van der Waals surface area contributed by atoms with Gasteiger partial charge in [-0.15, -0.1) is 0 Å². The predicted octanol–water partition coefficient (Wildman–Crippen LogP) is 0.279. The molecule has 0 fully saturated rings. The van der Waals surface area contributed by atoms with E-state index >= 15 is 0 Å². The first-order valence-electron chi connectivity index (χ1n) is 5.13. The molecule has 0 heterocycles. The second kappa shape index (κ2) is 5.77. The average molecular weight is 253 g/mol. The Morgan fingerprint density at radius 2 is 2.06 bits per heavy atom. The Morgan fingerprint density at radius 3 is 2.65 bits per heavy atom. The lowest BCUT2D eigenvalue weighted by Crippen LogP contribution is -2.32. The summed E-state index contributed by atoms with van der Waals surface area (Å²) in [5.41, 5.74) is 6.22. The van der Waals surface area contributed by atoms with Crippen LogP contribution in [-0.2, 0) is 15.8 Å². The summed E-state index contributed by atoms with van der Waals surface area (Å²) in [7, 11) is -1.92. The molecule has 1 aromatic rings. The summed E-state index contributed by atoms with van der Waals surface area (Å²) < 4.78 is 25.0. The number of rotatable bonds is 5.